The lowest BCUT2D eigenvalue weighted by atomic mass is 9.91. The van der Waals surface area contributed by atoms with Crippen molar-refractivity contribution in [1.29, 1.82) is 0 Å². The molecule has 1 fully saturated rings. The Hall–Kier alpha value is -2.17. The van der Waals surface area contributed by atoms with E-state index >= 15 is 0 Å². The third-order valence-electron chi connectivity index (χ3n) is 4.47. The van der Waals surface area contributed by atoms with Crippen LogP contribution in [0.2, 0.25) is 0 Å². The number of nitrogens with zero attached hydrogens (tertiary/aromatic N) is 1. The van der Waals surface area contributed by atoms with Crippen molar-refractivity contribution >= 4 is 5.97 Å². The molecule has 3 rings (SSSR count). The molecule has 1 aliphatic heterocycles. The monoisotopic (exact) mass is 353 g/mol. The summed E-state index contributed by atoms with van der Waals surface area (Å²) in [5, 5.41) is 10.6. The van der Waals surface area contributed by atoms with E-state index in [0.29, 0.717) is 13.1 Å². The van der Waals surface area contributed by atoms with Crippen LogP contribution in [0.4, 0.5) is 0 Å². The Bertz CT molecular complexity index is 691. The maximum atomic E-state index is 12.1. The number of esters is 1. The SMILES string of the molecule is CC(C)(C)CC(=O)OC1(O)CN(C(c2ccccc2)c2ccccc2)C1. The Morgan fingerprint density at radius 2 is 1.50 bits per heavy atom. The minimum Gasteiger partial charge on any atom is -0.430 e. The Morgan fingerprint density at radius 1 is 1.04 bits per heavy atom. The van der Waals surface area contributed by atoms with Crippen molar-refractivity contribution in [2.24, 2.45) is 5.41 Å². The van der Waals surface area contributed by atoms with Crippen LogP contribution in [0.15, 0.2) is 60.7 Å². The van der Waals surface area contributed by atoms with Gasteiger partial charge in [0.2, 0.25) is 5.79 Å². The normalized spacial score (nSPS) is 17.0. The number of benzene rings is 2. The Kier molecular flexibility index (Phi) is 5.17. The molecule has 0 amide bonds. The average Bonchev–Trinajstić information content (AvgIpc) is 2.54. The van der Waals surface area contributed by atoms with Gasteiger partial charge in [0.1, 0.15) is 0 Å². The summed E-state index contributed by atoms with van der Waals surface area (Å²) in [5.41, 5.74) is 2.15. The molecule has 1 aliphatic rings. The van der Waals surface area contributed by atoms with Gasteiger partial charge in [-0.25, -0.2) is 0 Å². The highest BCUT2D eigenvalue weighted by molar-refractivity contribution is 5.70. The van der Waals surface area contributed by atoms with E-state index in [1.54, 1.807) is 0 Å². The van der Waals surface area contributed by atoms with E-state index in [-0.39, 0.29) is 23.8 Å². The topological polar surface area (TPSA) is 49.8 Å². The molecular weight excluding hydrogens is 326 g/mol. The average molecular weight is 353 g/mol. The van der Waals surface area contributed by atoms with Crippen LogP contribution < -0.4 is 0 Å². The van der Waals surface area contributed by atoms with Crippen LogP contribution in [0.3, 0.4) is 0 Å². The number of rotatable bonds is 5. The summed E-state index contributed by atoms with van der Waals surface area (Å²) in [6.07, 6.45) is 0.288. The number of hydrogen-bond acceptors (Lipinski definition) is 4. The molecular formula is C22H27NO3. The molecule has 1 N–H and O–H groups in total. The molecule has 2 aromatic carbocycles. The summed E-state index contributed by atoms with van der Waals surface area (Å²) < 4.78 is 5.38. The van der Waals surface area contributed by atoms with Gasteiger partial charge in [0.25, 0.3) is 0 Å². The third kappa shape index (κ3) is 4.51. The van der Waals surface area contributed by atoms with E-state index < -0.39 is 5.79 Å². The van der Waals surface area contributed by atoms with Crippen molar-refractivity contribution in [2.45, 2.75) is 39.0 Å². The molecule has 2 aromatic rings. The van der Waals surface area contributed by atoms with Crippen molar-refractivity contribution in [3.63, 3.8) is 0 Å². The van der Waals surface area contributed by atoms with Gasteiger partial charge in [-0.05, 0) is 16.5 Å². The summed E-state index contributed by atoms with van der Waals surface area (Å²) >= 11 is 0. The van der Waals surface area contributed by atoms with Gasteiger partial charge in [0, 0.05) is 0 Å². The first-order chi connectivity index (χ1) is 12.3. The van der Waals surface area contributed by atoms with Crippen LogP contribution in [0, 0.1) is 5.41 Å². The molecule has 4 nitrogen and oxygen atoms in total. The number of β-amino-alcohol motifs (C(OH)–C–C–N with tert-alkyl or cyclic N) is 1. The molecule has 1 saturated heterocycles. The Morgan fingerprint density at radius 3 is 1.92 bits per heavy atom. The van der Waals surface area contributed by atoms with Gasteiger partial charge in [-0.1, -0.05) is 81.4 Å². The zero-order chi connectivity index (χ0) is 18.8. The number of likely N-dealkylation sites (tertiary alicyclic amines) is 1. The fraction of sp³-hybridized carbons (Fsp3) is 0.409. The van der Waals surface area contributed by atoms with Gasteiger partial charge in [-0.15, -0.1) is 0 Å². The second-order valence-corrected chi connectivity index (χ2v) is 8.29. The first-order valence-corrected chi connectivity index (χ1v) is 9.04. The maximum absolute atomic E-state index is 12.1. The van der Waals surface area contributed by atoms with Gasteiger partial charge >= 0.3 is 5.97 Å². The number of hydrogen-bond donors (Lipinski definition) is 1. The van der Waals surface area contributed by atoms with E-state index in [2.05, 4.69) is 29.2 Å². The van der Waals surface area contributed by atoms with Gasteiger partial charge in [-0.3, -0.25) is 9.69 Å². The van der Waals surface area contributed by atoms with E-state index in [1.165, 1.54) is 0 Å². The molecule has 0 bridgehead atoms. The van der Waals surface area contributed by atoms with E-state index in [4.69, 9.17) is 4.74 Å². The highest BCUT2D eigenvalue weighted by atomic mass is 16.7. The van der Waals surface area contributed by atoms with E-state index in [0.717, 1.165) is 11.1 Å². The fourth-order valence-corrected chi connectivity index (χ4v) is 3.40. The highest BCUT2D eigenvalue weighted by Gasteiger charge is 2.48. The fourth-order valence-electron chi connectivity index (χ4n) is 3.40. The van der Waals surface area contributed by atoms with Crippen molar-refractivity contribution < 1.29 is 14.6 Å². The molecule has 138 valence electrons. The second-order valence-electron chi connectivity index (χ2n) is 8.29. The summed E-state index contributed by atoms with van der Waals surface area (Å²) in [6.45, 7) is 6.54. The van der Waals surface area contributed by atoms with E-state index in [9.17, 15) is 9.90 Å². The van der Waals surface area contributed by atoms with Crippen molar-refractivity contribution in [3.8, 4) is 0 Å². The minimum atomic E-state index is -1.40. The van der Waals surface area contributed by atoms with Gasteiger partial charge < -0.3 is 9.84 Å². The summed E-state index contributed by atoms with van der Waals surface area (Å²) in [5.74, 6) is -1.75. The van der Waals surface area contributed by atoms with Crippen LogP contribution in [-0.2, 0) is 9.53 Å². The van der Waals surface area contributed by atoms with Gasteiger partial charge in [-0.2, -0.15) is 0 Å². The largest absolute Gasteiger partial charge is 0.430 e. The number of carbonyl (C=O) groups excluding carboxylic acids is 1. The lowest BCUT2D eigenvalue weighted by Gasteiger charge is -2.49. The predicted octanol–water partition coefficient (Wildman–Crippen LogP) is 3.76. The van der Waals surface area contributed by atoms with Gasteiger partial charge in [0.05, 0.1) is 25.6 Å². The zero-order valence-electron chi connectivity index (χ0n) is 15.7. The molecule has 0 aliphatic carbocycles. The number of ether oxygens (including phenoxy) is 1. The predicted molar refractivity (Wildman–Crippen MR) is 101 cm³/mol. The second kappa shape index (κ2) is 7.22. The lowest BCUT2D eigenvalue weighted by Crippen LogP contribution is -2.64. The molecule has 1 heterocycles. The first kappa shape index (κ1) is 18.6. The van der Waals surface area contributed by atoms with Crippen molar-refractivity contribution in [2.75, 3.05) is 13.1 Å². The molecule has 0 atom stereocenters. The summed E-state index contributed by atoms with van der Waals surface area (Å²) in [7, 11) is 0. The standard InChI is InChI=1S/C22H27NO3/c1-21(2,3)14-19(24)26-22(25)15-23(16-22)20(17-10-6-4-7-11-17)18-12-8-5-9-13-18/h4-13,20,25H,14-16H2,1-3H3. The molecule has 0 radical (unpaired) electrons. The van der Waals surface area contributed by atoms with Crippen LogP contribution >= 0.6 is 0 Å². The van der Waals surface area contributed by atoms with Crippen LogP contribution in [0.5, 0.6) is 0 Å². The van der Waals surface area contributed by atoms with E-state index in [1.807, 2.05) is 57.2 Å². The summed E-state index contributed by atoms with van der Waals surface area (Å²) in [4.78, 5) is 14.2. The Balaban J connectivity index is 1.72. The molecule has 0 aromatic heterocycles. The quantitative estimate of drug-likeness (QED) is 0.657. The van der Waals surface area contributed by atoms with Crippen LogP contribution in [0.1, 0.15) is 44.4 Å². The van der Waals surface area contributed by atoms with Crippen molar-refractivity contribution in [3.05, 3.63) is 71.8 Å². The molecule has 0 saturated carbocycles. The third-order valence-corrected chi connectivity index (χ3v) is 4.47. The maximum Gasteiger partial charge on any atom is 0.308 e. The molecule has 0 spiro atoms. The Labute approximate surface area is 155 Å². The molecule has 0 unspecified atom stereocenters. The molecule has 4 heteroatoms. The van der Waals surface area contributed by atoms with Crippen LogP contribution in [0.25, 0.3) is 0 Å². The first-order valence-electron chi connectivity index (χ1n) is 9.04. The lowest BCUT2D eigenvalue weighted by molar-refractivity contribution is -0.267. The highest BCUT2D eigenvalue weighted by Crippen LogP contribution is 2.37. The summed E-state index contributed by atoms with van der Waals surface area (Å²) in [6, 6.07) is 20.4. The van der Waals surface area contributed by atoms with Crippen molar-refractivity contribution in [1.82, 2.24) is 4.90 Å². The molecule has 26 heavy (non-hydrogen) atoms. The number of aliphatic hydroxyl groups is 1. The minimum absolute atomic E-state index is 0.0268. The van der Waals surface area contributed by atoms with Gasteiger partial charge in [0.15, 0.2) is 0 Å². The van der Waals surface area contributed by atoms with Crippen LogP contribution in [-0.4, -0.2) is 34.9 Å². The number of carbonyl (C=O) groups is 1. The smallest absolute Gasteiger partial charge is 0.308 e. The zero-order valence-corrected chi connectivity index (χ0v) is 15.7.